The van der Waals surface area contributed by atoms with Crippen molar-refractivity contribution >= 4 is 27.3 Å². The highest BCUT2D eigenvalue weighted by Gasteiger charge is 2.13. The predicted octanol–water partition coefficient (Wildman–Crippen LogP) is 3.27. The molecule has 1 unspecified atom stereocenters. The molecule has 0 spiro atoms. The lowest BCUT2D eigenvalue weighted by Crippen LogP contribution is -2.25. The van der Waals surface area contributed by atoms with Gasteiger partial charge in [0.15, 0.2) is 0 Å². The van der Waals surface area contributed by atoms with Crippen molar-refractivity contribution in [1.82, 2.24) is 4.98 Å². The van der Waals surface area contributed by atoms with Crippen LogP contribution in [-0.2, 0) is 0 Å². The van der Waals surface area contributed by atoms with Crippen LogP contribution in [0.3, 0.4) is 0 Å². The van der Waals surface area contributed by atoms with Gasteiger partial charge in [-0.05, 0) is 28.3 Å². The molecule has 84 valence electrons. The molecule has 0 amide bonds. The lowest BCUT2D eigenvalue weighted by atomic mass is 10.0. The molecule has 0 bridgehead atoms. The molecule has 1 heterocycles. The monoisotopic (exact) mass is 271 g/mol. The van der Waals surface area contributed by atoms with Crippen LogP contribution < -0.4 is 11.1 Å². The summed E-state index contributed by atoms with van der Waals surface area (Å²) in [4.78, 5) is 4.01. The first-order valence-electron chi connectivity index (χ1n) is 5.21. The molecule has 0 radical (unpaired) electrons. The number of aromatic nitrogens is 1. The molecular weight excluding hydrogens is 254 g/mol. The molecule has 0 aliphatic rings. The third-order valence-corrected chi connectivity index (χ3v) is 3.10. The topological polar surface area (TPSA) is 50.9 Å². The Morgan fingerprint density at radius 2 is 2.13 bits per heavy atom. The minimum absolute atomic E-state index is 0.436. The van der Waals surface area contributed by atoms with E-state index in [0.717, 1.165) is 16.6 Å². The van der Waals surface area contributed by atoms with Crippen molar-refractivity contribution in [3.63, 3.8) is 0 Å². The Morgan fingerprint density at radius 1 is 1.47 bits per heavy atom. The van der Waals surface area contributed by atoms with Crippen LogP contribution in [-0.4, -0.2) is 11.0 Å². The number of rotatable bonds is 4. The van der Waals surface area contributed by atoms with E-state index in [1.807, 2.05) is 0 Å². The molecule has 0 saturated heterocycles. The number of nitrogens with two attached hydrogens (primary N) is 1. The van der Waals surface area contributed by atoms with Crippen LogP contribution in [0.15, 0.2) is 16.9 Å². The van der Waals surface area contributed by atoms with Crippen molar-refractivity contribution < 1.29 is 0 Å². The Hall–Kier alpha value is -0.770. The summed E-state index contributed by atoms with van der Waals surface area (Å²) in [6.07, 6.45) is 4.50. The van der Waals surface area contributed by atoms with Crippen molar-refractivity contribution in [3.05, 3.63) is 16.9 Å². The zero-order valence-electron chi connectivity index (χ0n) is 9.42. The van der Waals surface area contributed by atoms with Gasteiger partial charge in [-0.1, -0.05) is 20.8 Å². The summed E-state index contributed by atoms with van der Waals surface area (Å²) >= 11 is 3.45. The summed E-state index contributed by atoms with van der Waals surface area (Å²) in [7, 11) is 0. The maximum atomic E-state index is 5.87. The fraction of sp³-hybridized carbons (Fsp3) is 0.545. The number of pyridine rings is 1. The van der Waals surface area contributed by atoms with Crippen LogP contribution in [0.5, 0.6) is 0 Å². The highest BCUT2D eigenvalue weighted by Crippen LogP contribution is 2.29. The first-order chi connectivity index (χ1) is 7.06. The van der Waals surface area contributed by atoms with Crippen molar-refractivity contribution in [2.45, 2.75) is 33.2 Å². The minimum atomic E-state index is 0.436. The van der Waals surface area contributed by atoms with E-state index in [0.29, 0.717) is 17.6 Å². The minimum Gasteiger partial charge on any atom is -0.396 e. The van der Waals surface area contributed by atoms with Gasteiger partial charge in [-0.25, -0.2) is 0 Å². The normalized spacial score (nSPS) is 12.9. The molecular formula is C11H18BrN3. The van der Waals surface area contributed by atoms with Crippen molar-refractivity contribution in [2.24, 2.45) is 5.92 Å². The van der Waals surface area contributed by atoms with E-state index in [1.165, 1.54) is 0 Å². The quantitative estimate of drug-likeness (QED) is 0.884. The third kappa shape index (κ3) is 3.09. The maximum Gasteiger partial charge on any atom is 0.0752 e. The number of nitrogens with zero attached hydrogens (tertiary/aromatic N) is 1. The molecule has 15 heavy (non-hydrogen) atoms. The van der Waals surface area contributed by atoms with Crippen LogP contribution in [0, 0.1) is 5.92 Å². The number of halogens is 1. The highest BCUT2D eigenvalue weighted by molar-refractivity contribution is 9.10. The molecule has 0 aromatic carbocycles. The fourth-order valence-electron chi connectivity index (χ4n) is 1.53. The van der Waals surface area contributed by atoms with E-state index < -0.39 is 0 Å². The molecule has 1 aromatic heterocycles. The van der Waals surface area contributed by atoms with Gasteiger partial charge in [0.1, 0.15) is 0 Å². The lowest BCUT2D eigenvalue weighted by Gasteiger charge is -2.23. The first-order valence-corrected chi connectivity index (χ1v) is 6.01. The van der Waals surface area contributed by atoms with E-state index in [-0.39, 0.29) is 0 Å². The van der Waals surface area contributed by atoms with Crippen LogP contribution in [0.4, 0.5) is 11.4 Å². The average molecular weight is 272 g/mol. The zero-order chi connectivity index (χ0) is 11.4. The van der Waals surface area contributed by atoms with Gasteiger partial charge < -0.3 is 11.1 Å². The SMILES string of the molecule is CCC(Nc1c(N)cncc1Br)C(C)C. The van der Waals surface area contributed by atoms with Crippen LogP contribution in [0.25, 0.3) is 0 Å². The molecule has 1 aromatic rings. The van der Waals surface area contributed by atoms with Crippen molar-refractivity contribution in [1.29, 1.82) is 0 Å². The molecule has 4 heteroatoms. The highest BCUT2D eigenvalue weighted by atomic mass is 79.9. The standard InChI is InChI=1S/C11H18BrN3/c1-4-10(7(2)3)15-11-8(12)5-14-6-9(11)13/h5-7,10H,4,13H2,1-3H3,(H,14,15). The molecule has 0 aliphatic carbocycles. The van der Waals surface area contributed by atoms with E-state index in [2.05, 4.69) is 47.0 Å². The largest absolute Gasteiger partial charge is 0.396 e. The Bertz CT molecular complexity index is 305. The Morgan fingerprint density at radius 3 is 2.60 bits per heavy atom. The first kappa shape index (κ1) is 12.3. The summed E-state index contributed by atoms with van der Waals surface area (Å²) in [5, 5.41) is 3.45. The summed E-state index contributed by atoms with van der Waals surface area (Å²) in [6.45, 7) is 6.57. The summed E-state index contributed by atoms with van der Waals surface area (Å²) in [5.74, 6) is 0.578. The van der Waals surface area contributed by atoms with Crippen molar-refractivity contribution in [2.75, 3.05) is 11.1 Å². The van der Waals surface area contributed by atoms with E-state index in [1.54, 1.807) is 12.4 Å². The van der Waals surface area contributed by atoms with Crippen LogP contribution >= 0.6 is 15.9 Å². The molecule has 3 N–H and O–H groups in total. The summed E-state index contributed by atoms with van der Waals surface area (Å²) in [6, 6.07) is 0.436. The van der Waals surface area contributed by atoms with Gasteiger partial charge >= 0.3 is 0 Å². The lowest BCUT2D eigenvalue weighted by molar-refractivity contribution is 0.511. The summed E-state index contributed by atoms with van der Waals surface area (Å²) < 4.78 is 0.918. The van der Waals surface area contributed by atoms with Gasteiger partial charge in [0.2, 0.25) is 0 Å². The molecule has 1 rings (SSSR count). The van der Waals surface area contributed by atoms with Gasteiger partial charge in [0.25, 0.3) is 0 Å². The average Bonchev–Trinajstić information content (AvgIpc) is 2.17. The van der Waals surface area contributed by atoms with Crippen LogP contribution in [0.1, 0.15) is 27.2 Å². The third-order valence-electron chi connectivity index (χ3n) is 2.50. The van der Waals surface area contributed by atoms with Crippen LogP contribution in [0.2, 0.25) is 0 Å². The Labute approximate surface area is 99.6 Å². The van der Waals surface area contributed by atoms with Gasteiger partial charge in [-0.2, -0.15) is 0 Å². The molecule has 0 aliphatic heterocycles. The second-order valence-electron chi connectivity index (χ2n) is 3.99. The fourth-order valence-corrected chi connectivity index (χ4v) is 1.99. The second-order valence-corrected chi connectivity index (χ2v) is 4.84. The number of nitrogens with one attached hydrogen (secondary N) is 1. The zero-order valence-corrected chi connectivity index (χ0v) is 11.0. The van der Waals surface area contributed by atoms with Crippen molar-refractivity contribution in [3.8, 4) is 0 Å². The second kappa shape index (κ2) is 5.35. The van der Waals surface area contributed by atoms with E-state index in [4.69, 9.17) is 5.73 Å². The van der Waals surface area contributed by atoms with E-state index in [9.17, 15) is 0 Å². The molecule has 1 atom stereocenters. The molecule has 3 nitrogen and oxygen atoms in total. The smallest absolute Gasteiger partial charge is 0.0752 e. The molecule has 0 fully saturated rings. The maximum absolute atomic E-state index is 5.87. The van der Waals surface area contributed by atoms with Gasteiger partial charge in [0.05, 0.1) is 22.0 Å². The van der Waals surface area contributed by atoms with E-state index >= 15 is 0 Å². The molecule has 0 saturated carbocycles. The summed E-state index contributed by atoms with van der Waals surface area (Å²) in [5.41, 5.74) is 7.50. The van der Waals surface area contributed by atoms with Gasteiger partial charge in [-0.3, -0.25) is 4.98 Å². The van der Waals surface area contributed by atoms with Gasteiger partial charge in [0, 0.05) is 12.2 Å². The predicted molar refractivity (Wildman–Crippen MR) is 68.9 cm³/mol. The Balaban J connectivity index is 2.87. The number of anilines is 2. The number of hydrogen-bond acceptors (Lipinski definition) is 3. The number of hydrogen-bond donors (Lipinski definition) is 2. The number of nitrogen functional groups attached to an aromatic ring is 1. The Kier molecular flexibility index (Phi) is 4.39. The van der Waals surface area contributed by atoms with Gasteiger partial charge in [-0.15, -0.1) is 0 Å².